The molecule has 2 aromatic rings. The van der Waals surface area contributed by atoms with E-state index in [9.17, 15) is 9.59 Å². The van der Waals surface area contributed by atoms with Crippen LogP contribution in [0.4, 0.5) is 11.8 Å². The van der Waals surface area contributed by atoms with Gasteiger partial charge in [0, 0.05) is 36.3 Å². The van der Waals surface area contributed by atoms with E-state index >= 15 is 0 Å². The minimum Gasteiger partial charge on any atom is -0.465 e. The summed E-state index contributed by atoms with van der Waals surface area (Å²) in [5.41, 5.74) is 2.71. The Labute approximate surface area is 157 Å². The molecule has 0 aromatic carbocycles. The van der Waals surface area contributed by atoms with Crippen LogP contribution in [0.5, 0.6) is 0 Å². The minimum absolute atomic E-state index is 0.00341. The number of fused-ring (bicyclic) bond motifs is 1. The van der Waals surface area contributed by atoms with Gasteiger partial charge in [0.1, 0.15) is 12.4 Å². The average Bonchev–Trinajstić information content (AvgIpc) is 2.97. The van der Waals surface area contributed by atoms with Crippen LogP contribution in [0.15, 0.2) is 12.4 Å². The first kappa shape index (κ1) is 18.8. The number of nitrogens with one attached hydrogen (secondary N) is 2. The molecule has 0 saturated heterocycles. The Bertz CT molecular complexity index is 844. The van der Waals surface area contributed by atoms with Crippen LogP contribution in [0, 0.1) is 6.92 Å². The van der Waals surface area contributed by atoms with Crippen molar-refractivity contribution in [3.05, 3.63) is 29.2 Å². The third-order valence-corrected chi connectivity index (χ3v) is 4.39. The van der Waals surface area contributed by atoms with Crippen molar-refractivity contribution in [3.8, 4) is 0 Å². The summed E-state index contributed by atoms with van der Waals surface area (Å²) in [4.78, 5) is 32.2. The Morgan fingerprint density at radius 3 is 2.74 bits per heavy atom. The number of hydrogen-bond donors (Lipinski definition) is 2. The number of ether oxygens (including phenoxy) is 1. The Morgan fingerprint density at radius 1 is 1.41 bits per heavy atom. The van der Waals surface area contributed by atoms with Gasteiger partial charge in [-0.1, -0.05) is 0 Å². The molecule has 27 heavy (non-hydrogen) atoms. The van der Waals surface area contributed by atoms with Gasteiger partial charge in [-0.2, -0.15) is 5.10 Å². The molecule has 0 saturated carbocycles. The molecule has 2 aromatic heterocycles. The number of nitrogens with zero attached hydrogens (tertiary/aromatic N) is 4. The van der Waals surface area contributed by atoms with Gasteiger partial charge in [0.15, 0.2) is 0 Å². The van der Waals surface area contributed by atoms with Crippen molar-refractivity contribution >= 4 is 23.6 Å². The molecule has 0 bridgehead atoms. The Hall–Kier alpha value is -2.97. The average molecular weight is 372 g/mol. The highest BCUT2D eigenvalue weighted by Crippen LogP contribution is 2.39. The maximum atomic E-state index is 12.2. The van der Waals surface area contributed by atoms with E-state index in [0.29, 0.717) is 19.0 Å². The number of esters is 1. The monoisotopic (exact) mass is 372 g/mol. The molecule has 0 radical (unpaired) electrons. The summed E-state index contributed by atoms with van der Waals surface area (Å²) in [7, 11) is 0. The quantitative estimate of drug-likeness (QED) is 0.746. The molecule has 0 fully saturated rings. The maximum absolute atomic E-state index is 12.2. The maximum Gasteiger partial charge on any atom is 0.325 e. The van der Waals surface area contributed by atoms with Gasteiger partial charge in [0.2, 0.25) is 11.9 Å². The molecule has 1 aliphatic heterocycles. The second-order valence-corrected chi connectivity index (χ2v) is 6.69. The zero-order chi connectivity index (χ0) is 19.6. The van der Waals surface area contributed by atoms with Crippen molar-refractivity contribution in [1.82, 2.24) is 19.7 Å². The van der Waals surface area contributed by atoms with E-state index in [1.165, 1.54) is 0 Å². The van der Waals surface area contributed by atoms with Gasteiger partial charge in [-0.15, -0.1) is 0 Å². The van der Waals surface area contributed by atoms with Crippen molar-refractivity contribution in [2.45, 2.75) is 46.1 Å². The molecular formula is C18H24N6O3. The van der Waals surface area contributed by atoms with Gasteiger partial charge in [0.05, 0.1) is 12.3 Å². The number of anilines is 2. The van der Waals surface area contributed by atoms with Crippen LogP contribution in [-0.4, -0.2) is 44.8 Å². The Morgan fingerprint density at radius 2 is 2.11 bits per heavy atom. The molecule has 144 valence electrons. The molecule has 3 heterocycles. The molecule has 1 aliphatic rings. The van der Waals surface area contributed by atoms with Crippen molar-refractivity contribution < 1.29 is 14.3 Å². The highest BCUT2D eigenvalue weighted by Gasteiger charge is 2.33. The molecule has 3 rings (SSSR count). The number of rotatable bonds is 6. The lowest BCUT2D eigenvalue weighted by atomic mass is 9.87. The van der Waals surface area contributed by atoms with Crippen LogP contribution >= 0.6 is 0 Å². The fourth-order valence-corrected chi connectivity index (χ4v) is 3.20. The first-order chi connectivity index (χ1) is 12.9. The van der Waals surface area contributed by atoms with E-state index in [2.05, 4.69) is 25.7 Å². The fourth-order valence-electron chi connectivity index (χ4n) is 3.20. The van der Waals surface area contributed by atoms with Gasteiger partial charge in [-0.25, -0.2) is 14.6 Å². The standard InChI is InChI=1S/C18H24N6O3/c1-5-27-15(26)9-21-18-19-7-12(8-20-18)13-6-14(25)22-17-16(13)11(4)23-24(17)10(2)3/h7-8,10,13H,5-6,9H2,1-4H3,(H,22,25)(H,19,20,21)/t13-/m1/s1. The first-order valence-electron chi connectivity index (χ1n) is 9.01. The highest BCUT2D eigenvalue weighted by molar-refractivity contribution is 5.94. The van der Waals surface area contributed by atoms with Crippen molar-refractivity contribution in [3.63, 3.8) is 0 Å². The SMILES string of the molecule is CCOC(=O)CNc1ncc([C@H]2CC(=O)Nc3c2c(C)nn3C(C)C)cn1. The molecule has 2 N–H and O–H groups in total. The van der Waals surface area contributed by atoms with E-state index in [0.717, 1.165) is 22.6 Å². The highest BCUT2D eigenvalue weighted by atomic mass is 16.5. The lowest BCUT2D eigenvalue weighted by Crippen LogP contribution is -2.25. The number of amides is 1. The predicted octanol–water partition coefficient (Wildman–Crippen LogP) is 2.01. The topological polar surface area (TPSA) is 111 Å². The zero-order valence-electron chi connectivity index (χ0n) is 15.9. The predicted molar refractivity (Wildman–Crippen MR) is 99.6 cm³/mol. The molecule has 9 heteroatoms. The van der Waals surface area contributed by atoms with Crippen LogP contribution in [0.2, 0.25) is 0 Å². The lowest BCUT2D eigenvalue weighted by molar-refractivity contribution is -0.140. The summed E-state index contributed by atoms with van der Waals surface area (Å²) in [5.74, 6) is 0.504. The van der Waals surface area contributed by atoms with Crippen molar-refractivity contribution in [1.29, 1.82) is 0 Å². The van der Waals surface area contributed by atoms with Crippen LogP contribution in [0.1, 0.15) is 56.0 Å². The van der Waals surface area contributed by atoms with Crippen LogP contribution in [0.25, 0.3) is 0 Å². The van der Waals surface area contributed by atoms with E-state index in [-0.39, 0.29) is 30.4 Å². The third-order valence-electron chi connectivity index (χ3n) is 4.39. The minimum atomic E-state index is -0.365. The Balaban J connectivity index is 1.83. The first-order valence-corrected chi connectivity index (χ1v) is 9.01. The zero-order valence-corrected chi connectivity index (χ0v) is 15.9. The van der Waals surface area contributed by atoms with Gasteiger partial charge in [-0.05, 0) is 33.3 Å². The Kier molecular flexibility index (Phi) is 5.38. The second kappa shape index (κ2) is 7.73. The van der Waals surface area contributed by atoms with Crippen LogP contribution in [-0.2, 0) is 14.3 Å². The van der Waals surface area contributed by atoms with Crippen LogP contribution in [0.3, 0.4) is 0 Å². The molecule has 1 atom stereocenters. The molecule has 1 amide bonds. The smallest absolute Gasteiger partial charge is 0.325 e. The van der Waals surface area contributed by atoms with E-state index in [4.69, 9.17) is 4.74 Å². The van der Waals surface area contributed by atoms with E-state index < -0.39 is 0 Å². The third kappa shape index (κ3) is 3.91. The van der Waals surface area contributed by atoms with Gasteiger partial charge >= 0.3 is 5.97 Å². The van der Waals surface area contributed by atoms with Crippen molar-refractivity contribution in [2.24, 2.45) is 0 Å². The number of carbonyl (C=O) groups excluding carboxylic acids is 2. The summed E-state index contributed by atoms with van der Waals surface area (Å²) >= 11 is 0. The summed E-state index contributed by atoms with van der Waals surface area (Å²) in [6.07, 6.45) is 3.68. The molecule has 0 aliphatic carbocycles. The summed E-state index contributed by atoms with van der Waals surface area (Å²) in [6, 6.07) is 0.136. The van der Waals surface area contributed by atoms with Crippen LogP contribution < -0.4 is 10.6 Å². The number of hydrogen-bond acceptors (Lipinski definition) is 7. The molecule has 0 spiro atoms. The normalized spacial score (nSPS) is 16.0. The number of carbonyl (C=O) groups is 2. The number of aromatic nitrogens is 4. The van der Waals surface area contributed by atoms with Crippen molar-refractivity contribution in [2.75, 3.05) is 23.8 Å². The molecule has 9 nitrogen and oxygen atoms in total. The van der Waals surface area contributed by atoms with E-state index in [1.54, 1.807) is 19.3 Å². The molecule has 0 unspecified atom stereocenters. The van der Waals surface area contributed by atoms with Gasteiger partial charge < -0.3 is 15.4 Å². The second-order valence-electron chi connectivity index (χ2n) is 6.69. The summed E-state index contributed by atoms with van der Waals surface area (Å²) in [6.45, 7) is 8.07. The van der Waals surface area contributed by atoms with Gasteiger partial charge in [0.25, 0.3) is 0 Å². The summed E-state index contributed by atoms with van der Waals surface area (Å²) in [5, 5.41) is 10.4. The fraction of sp³-hybridized carbons (Fsp3) is 0.500. The van der Waals surface area contributed by atoms with Gasteiger partial charge in [-0.3, -0.25) is 9.59 Å². The van der Waals surface area contributed by atoms with E-state index in [1.807, 2.05) is 25.5 Å². The lowest BCUT2D eigenvalue weighted by Gasteiger charge is -2.24. The largest absolute Gasteiger partial charge is 0.465 e. The summed E-state index contributed by atoms with van der Waals surface area (Å²) < 4.78 is 6.70. The molecular weight excluding hydrogens is 348 g/mol. The number of aryl methyl sites for hydroxylation is 1.